The molecule has 1 aromatic rings. The Kier molecular flexibility index (Phi) is 2.54. The lowest BCUT2D eigenvalue weighted by Gasteiger charge is -2.31. The van der Waals surface area contributed by atoms with Gasteiger partial charge in [-0.1, -0.05) is 42.1 Å². The fourth-order valence-corrected chi connectivity index (χ4v) is 2.39. The zero-order valence-electron chi connectivity index (χ0n) is 8.25. The van der Waals surface area contributed by atoms with E-state index < -0.39 is 4.93 Å². The number of carbonyl (C=O) groups excluding carboxylic acids is 1. The maximum atomic E-state index is 11.9. The summed E-state index contributed by atoms with van der Waals surface area (Å²) in [6, 6.07) is 8.96. The molecule has 1 heterocycles. The van der Waals surface area contributed by atoms with Crippen molar-refractivity contribution in [3.05, 3.63) is 47.5 Å². The number of likely N-dealkylation sites (N-methyl/N-ethyl adjacent to an activating group) is 1. The number of rotatable bonds is 1. The molecule has 0 aromatic heterocycles. The number of hydrogen-bond acceptors (Lipinski definition) is 3. The van der Waals surface area contributed by atoms with Crippen LogP contribution >= 0.6 is 11.8 Å². The molecule has 1 atom stereocenters. The third-order valence-corrected chi connectivity index (χ3v) is 3.31. The highest BCUT2D eigenvalue weighted by Gasteiger charge is 2.41. The summed E-state index contributed by atoms with van der Waals surface area (Å²) >= 11 is 1.11. The van der Waals surface area contributed by atoms with Crippen LogP contribution in [0.5, 0.6) is 0 Å². The van der Waals surface area contributed by atoms with E-state index in [0.29, 0.717) is 5.56 Å². The largest absolute Gasteiger partial charge is 0.367 e. The Bertz CT molecular complexity index is 404. The summed E-state index contributed by atoms with van der Waals surface area (Å²) in [6.07, 6.45) is 1.64. The van der Waals surface area contributed by atoms with Gasteiger partial charge in [0.2, 0.25) is 4.93 Å². The van der Waals surface area contributed by atoms with Crippen molar-refractivity contribution in [3.8, 4) is 0 Å². The molecule has 0 spiro atoms. The first-order valence-corrected chi connectivity index (χ1v) is 5.42. The van der Waals surface area contributed by atoms with Gasteiger partial charge in [-0.25, -0.2) is 0 Å². The lowest BCUT2D eigenvalue weighted by atomic mass is 10.1. The van der Waals surface area contributed by atoms with Gasteiger partial charge >= 0.3 is 0 Å². The van der Waals surface area contributed by atoms with E-state index >= 15 is 0 Å². The summed E-state index contributed by atoms with van der Waals surface area (Å²) in [5.41, 5.74) is 0.608. The standard InChI is InChI=1S/C11H11NO2S/c1-12-7-8-15-11(14,10(12)13)9-5-3-2-4-6-9/h2-8,14H,1H3. The normalized spacial score (nSPS) is 25.7. The molecule has 0 aliphatic carbocycles. The molecule has 0 radical (unpaired) electrons. The van der Waals surface area contributed by atoms with Gasteiger partial charge in [0.05, 0.1) is 0 Å². The summed E-state index contributed by atoms with van der Waals surface area (Å²) < 4.78 is 0. The number of nitrogens with zero attached hydrogens (tertiary/aromatic N) is 1. The van der Waals surface area contributed by atoms with Crippen LogP contribution in [0.4, 0.5) is 0 Å². The van der Waals surface area contributed by atoms with Crippen molar-refractivity contribution in [1.29, 1.82) is 0 Å². The highest BCUT2D eigenvalue weighted by atomic mass is 32.2. The van der Waals surface area contributed by atoms with Crippen molar-refractivity contribution in [3.63, 3.8) is 0 Å². The van der Waals surface area contributed by atoms with E-state index in [1.807, 2.05) is 6.07 Å². The first-order valence-electron chi connectivity index (χ1n) is 4.54. The maximum absolute atomic E-state index is 11.9. The number of amides is 1. The third-order valence-electron chi connectivity index (χ3n) is 2.30. The second kappa shape index (κ2) is 3.72. The van der Waals surface area contributed by atoms with Gasteiger partial charge in [-0.15, -0.1) is 0 Å². The molecule has 1 unspecified atom stereocenters. The lowest BCUT2D eigenvalue weighted by molar-refractivity contribution is -0.139. The Morgan fingerprint density at radius 2 is 2.00 bits per heavy atom. The van der Waals surface area contributed by atoms with E-state index in [0.717, 1.165) is 11.8 Å². The van der Waals surface area contributed by atoms with Crippen LogP contribution in [0.25, 0.3) is 0 Å². The Hall–Kier alpha value is -1.26. The van der Waals surface area contributed by atoms with Gasteiger partial charge < -0.3 is 10.0 Å². The van der Waals surface area contributed by atoms with E-state index in [1.54, 1.807) is 42.9 Å². The molecule has 0 fully saturated rings. The molecule has 0 saturated carbocycles. The maximum Gasteiger partial charge on any atom is 0.274 e. The number of carbonyl (C=O) groups is 1. The summed E-state index contributed by atoms with van der Waals surface area (Å²) in [7, 11) is 1.63. The first-order chi connectivity index (χ1) is 7.14. The fraction of sp³-hybridized carbons (Fsp3) is 0.182. The monoisotopic (exact) mass is 221 g/mol. The highest BCUT2D eigenvalue weighted by Crippen LogP contribution is 2.38. The van der Waals surface area contributed by atoms with Crippen LogP contribution in [-0.2, 0) is 9.73 Å². The van der Waals surface area contributed by atoms with Crippen LogP contribution in [-0.4, -0.2) is 23.0 Å². The Balaban J connectivity index is 2.43. The molecule has 1 aliphatic rings. The fourth-order valence-electron chi connectivity index (χ4n) is 1.43. The molecule has 1 aromatic carbocycles. The predicted octanol–water partition coefficient (Wildman–Crippen LogP) is 1.51. The Labute approximate surface area is 92.4 Å². The van der Waals surface area contributed by atoms with E-state index in [4.69, 9.17) is 0 Å². The van der Waals surface area contributed by atoms with Crippen LogP contribution in [0.2, 0.25) is 0 Å². The number of thioether (sulfide) groups is 1. The van der Waals surface area contributed by atoms with Crippen molar-refractivity contribution in [2.75, 3.05) is 7.05 Å². The topological polar surface area (TPSA) is 40.5 Å². The average molecular weight is 221 g/mol. The zero-order chi connectivity index (χ0) is 10.9. The molecule has 2 rings (SSSR count). The summed E-state index contributed by atoms with van der Waals surface area (Å²) in [5.74, 6) is -0.318. The molecule has 1 aliphatic heterocycles. The number of aliphatic hydroxyl groups is 1. The molecule has 3 nitrogen and oxygen atoms in total. The van der Waals surface area contributed by atoms with Crippen LogP contribution in [0, 0.1) is 0 Å². The molecule has 1 N–H and O–H groups in total. The van der Waals surface area contributed by atoms with Crippen molar-refractivity contribution < 1.29 is 9.90 Å². The molecule has 0 saturated heterocycles. The van der Waals surface area contributed by atoms with Crippen molar-refractivity contribution >= 4 is 17.7 Å². The highest BCUT2D eigenvalue weighted by molar-refractivity contribution is 8.03. The number of hydrogen-bond donors (Lipinski definition) is 1. The summed E-state index contributed by atoms with van der Waals surface area (Å²) in [6.45, 7) is 0. The van der Waals surface area contributed by atoms with Crippen molar-refractivity contribution in [1.82, 2.24) is 4.90 Å². The van der Waals surface area contributed by atoms with Gasteiger partial charge in [-0.05, 0) is 5.41 Å². The van der Waals surface area contributed by atoms with Crippen molar-refractivity contribution in [2.45, 2.75) is 4.93 Å². The summed E-state index contributed by atoms with van der Waals surface area (Å²) in [4.78, 5) is 11.8. The van der Waals surface area contributed by atoms with Gasteiger partial charge in [0, 0.05) is 18.8 Å². The van der Waals surface area contributed by atoms with Gasteiger partial charge in [0.15, 0.2) is 0 Å². The smallest absolute Gasteiger partial charge is 0.274 e. The third kappa shape index (κ3) is 1.66. The van der Waals surface area contributed by atoms with E-state index in [1.165, 1.54) is 4.90 Å². The van der Waals surface area contributed by atoms with E-state index in [2.05, 4.69) is 0 Å². The van der Waals surface area contributed by atoms with E-state index in [-0.39, 0.29) is 5.91 Å². The number of benzene rings is 1. The summed E-state index contributed by atoms with van der Waals surface area (Å²) in [5, 5.41) is 12.0. The second-order valence-electron chi connectivity index (χ2n) is 3.33. The van der Waals surface area contributed by atoms with Gasteiger partial charge in [-0.3, -0.25) is 4.79 Å². The van der Waals surface area contributed by atoms with Gasteiger partial charge in [0.1, 0.15) is 0 Å². The SMILES string of the molecule is CN1C=CSC(O)(c2ccccc2)C1=O. The molecular weight excluding hydrogens is 210 g/mol. The van der Waals surface area contributed by atoms with Crippen molar-refractivity contribution in [2.24, 2.45) is 0 Å². The van der Waals surface area contributed by atoms with Crippen LogP contribution < -0.4 is 0 Å². The second-order valence-corrected chi connectivity index (χ2v) is 4.43. The molecule has 1 amide bonds. The molecule has 4 heteroatoms. The molecule has 0 bridgehead atoms. The lowest BCUT2D eigenvalue weighted by Crippen LogP contribution is -2.42. The molecular formula is C11H11NO2S. The Morgan fingerprint density at radius 3 is 2.67 bits per heavy atom. The predicted molar refractivity (Wildman–Crippen MR) is 59.8 cm³/mol. The van der Waals surface area contributed by atoms with E-state index in [9.17, 15) is 9.90 Å². The average Bonchev–Trinajstić information content (AvgIpc) is 2.27. The van der Waals surface area contributed by atoms with Crippen LogP contribution in [0.15, 0.2) is 41.9 Å². The minimum atomic E-state index is -1.48. The van der Waals surface area contributed by atoms with Crippen LogP contribution in [0.1, 0.15) is 5.56 Å². The quantitative estimate of drug-likeness (QED) is 0.781. The first kappa shape index (κ1) is 10.3. The van der Waals surface area contributed by atoms with Gasteiger partial charge in [0.25, 0.3) is 5.91 Å². The van der Waals surface area contributed by atoms with Gasteiger partial charge in [-0.2, -0.15) is 0 Å². The Morgan fingerprint density at radius 1 is 1.33 bits per heavy atom. The zero-order valence-corrected chi connectivity index (χ0v) is 9.07. The van der Waals surface area contributed by atoms with Crippen LogP contribution in [0.3, 0.4) is 0 Å². The minimum absolute atomic E-state index is 0.318. The minimum Gasteiger partial charge on any atom is -0.367 e. The molecule has 78 valence electrons. The molecule has 15 heavy (non-hydrogen) atoms.